The van der Waals surface area contributed by atoms with Crippen LogP contribution in [0, 0.1) is 5.82 Å². The number of carbonyl (C=O) groups is 2. The third-order valence-corrected chi connectivity index (χ3v) is 6.41. The van der Waals surface area contributed by atoms with E-state index < -0.39 is 18.0 Å². The number of hydrogen-bond donors (Lipinski definition) is 1. The molecular weight excluding hydrogens is 499 g/mol. The van der Waals surface area contributed by atoms with E-state index in [9.17, 15) is 14.0 Å². The highest BCUT2D eigenvalue weighted by Crippen LogP contribution is 2.42. The van der Waals surface area contributed by atoms with Crippen molar-refractivity contribution in [3.05, 3.63) is 119 Å². The van der Waals surface area contributed by atoms with Crippen molar-refractivity contribution in [1.82, 2.24) is 0 Å². The molecule has 4 aromatic carbocycles. The lowest BCUT2D eigenvalue weighted by Crippen LogP contribution is -2.34. The standard InChI is InChI=1S/C31H27FN2O5/c1-3-38-31(36)24-8-4-7-11-28(24)39-19-22-18-21(14-17-27(22)37-2)29-33-25-9-5-6-10-26(25)34(29)30(35)20-12-15-23(32)16-13-20/h4-18,29,33H,3,19H2,1-2H3. The van der Waals surface area contributed by atoms with Crippen LogP contribution in [0.25, 0.3) is 0 Å². The number of halogens is 1. The average molecular weight is 527 g/mol. The van der Waals surface area contributed by atoms with Gasteiger partial charge in [0.2, 0.25) is 0 Å². The van der Waals surface area contributed by atoms with E-state index in [1.165, 1.54) is 24.3 Å². The normalized spacial score (nSPS) is 13.8. The highest BCUT2D eigenvalue weighted by molar-refractivity contribution is 6.10. The largest absolute Gasteiger partial charge is 0.496 e. The highest BCUT2D eigenvalue weighted by atomic mass is 19.1. The Bertz CT molecular complexity index is 1510. The van der Waals surface area contributed by atoms with Gasteiger partial charge < -0.3 is 19.5 Å². The number of ether oxygens (including phenoxy) is 3. The fourth-order valence-electron chi connectivity index (χ4n) is 4.55. The Morgan fingerprint density at radius 2 is 1.67 bits per heavy atom. The number of methoxy groups -OCH3 is 1. The topological polar surface area (TPSA) is 77.1 Å². The van der Waals surface area contributed by atoms with Crippen molar-refractivity contribution in [2.75, 3.05) is 23.9 Å². The molecule has 1 N–H and O–H groups in total. The first kappa shape index (κ1) is 25.8. The van der Waals surface area contributed by atoms with E-state index >= 15 is 0 Å². The predicted octanol–water partition coefficient (Wildman–Crippen LogP) is 6.36. The molecule has 1 atom stereocenters. The first-order chi connectivity index (χ1) is 19.0. The van der Waals surface area contributed by atoms with Crippen LogP contribution >= 0.6 is 0 Å². The average Bonchev–Trinajstić information content (AvgIpc) is 3.36. The Hall–Kier alpha value is -4.85. The lowest BCUT2D eigenvalue weighted by Gasteiger charge is -2.26. The number of para-hydroxylation sites is 3. The van der Waals surface area contributed by atoms with E-state index in [2.05, 4.69) is 5.32 Å². The molecule has 39 heavy (non-hydrogen) atoms. The van der Waals surface area contributed by atoms with Gasteiger partial charge in [-0.2, -0.15) is 0 Å². The van der Waals surface area contributed by atoms with Gasteiger partial charge in [-0.25, -0.2) is 9.18 Å². The molecule has 7 nitrogen and oxygen atoms in total. The van der Waals surface area contributed by atoms with Gasteiger partial charge in [-0.1, -0.05) is 30.3 Å². The number of amides is 1. The fraction of sp³-hybridized carbons (Fsp3) is 0.161. The maximum Gasteiger partial charge on any atom is 0.341 e. The van der Waals surface area contributed by atoms with Gasteiger partial charge in [-0.3, -0.25) is 9.69 Å². The van der Waals surface area contributed by atoms with E-state index in [0.29, 0.717) is 28.3 Å². The highest BCUT2D eigenvalue weighted by Gasteiger charge is 2.35. The summed E-state index contributed by atoms with van der Waals surface area (Å²) >= 11 is 0. The smallest absolute Gasteiger partial charge is 0.341 e. The first-order valence-corrected chi connectivity index (χ1v) is 12.5. The Morgan fingerprint density at radius 1 is 0.923 bits per heavy atom. The van der Waals surface area contributed by atoms with Crippen LogP contribution in [0.15, 0.2) is 91.0 Å². The van der Waals surface area contributed by atoms with Crippen molar-refractivity contribution in [2.24, 2.45) is 0 Å². The maximum atomic E-state index is 13.6. The van der Waals surface area contributed by atoms with Crippen LogP contribution in [0.2, 0.25) is 0 Å². The first-order valence-electron chi connectivity index (χ1n) is 12.5. The molecule has 1 unspecified atom stereocenters. The minimum Gasteiger partial charge on any atom is -0.496 e. The third kappa shape index (κ3) is 5.27. The molecule has 8 heteroatoms. The number of carbonyl (C=O) groups excluding carboxylic acids is 2. The molecular formula is C31H27FN2O5. The Morgan fingerprint density at radius 3 is 2.44 bits per heavy atom. The number of hydrogen-bond acceptors (Lipinski definition) is 6. The van der Waals surface area contributed by atoms with Crippen molar-refractivity contribution in [3.8, 4) is 11.5 Å². The molecule has 1 aliphatic rings. The number of fused-ring (bicyclic) bond motifs is 1. The zero-order chi connectivity index (χ0) is 27.4. The Balaban J connectivity index is 1.47. The molecule has 0 saturated carbocycles. The molecule has 0 bridgehead atoms. The predicted molar refractivity (Wildman–Crippen MR) is 146 cm³/mol. The van der Waals surface area contributed by atoms with E-state index in [1.54, 1.807) is 43.2 Å². The van der Waals surface area contributed by atoms with E-state index in [-0.39, 0.29) is 19.1 Å². The molecule has 4 aromatic rings. The van der Waals surface area contributed by atoms with Gasteiger partial charge in [-0.05, 0) is 73.2 Å². The van der Waals surface area contributed by atoms with Crippen LogP contribution < -0.4 is 19.7 Å². The molecule has 5 rings (SSSR count). The third-order valence-electron chi connectivity index (χ3n) is 6.41. The van der Waals surface area contributed by atoms with Crippen LogP contribution in [0.4, 0.5) is 15.8 Å². The number of anilines is 2. The van der Waals surface area contributed by atoms with Crippen molar-refractivity contribution < 1.29 is 28.2 Å². The summed E-state index contributed by atoms with van der Waals surface area (Å²) in [6.45, 7) is 2.11. The summed E-state index contributed by atoms with van der Waals surface area (Å²) in [5, 5.41) is 3.43. The maximum absolute atomic E-state index is 13.6. The number of esters is 1. The summed E-state index contributed by atoms with van der Waals surface area (Å²) in [5.74, 6) is -0.152. The SMILES string of the molecule is CCOC(=O)c1ccccc1OCc1cc(C2Nc3ccccc3N2C(=O)c2ccc(F)cc2)ccc1OC. The lowest BCUT2D eigenvalue weighted by atomic mass is 10.1. The molecule has 0 fully saturated rings. The second-order valence-electron chi connectivity index (χ2n) is 8.82. The van der Waals surface area contributed by atoms with Crippen molar-refractivity contribution in [2.45, 2.75) is 19.7 Å². The van der Waals surface area contributed by atoms with E-state index in [4.69, 9.17) is 14.2 Å². The lowest BCUT2D eigenvalue weighted by molar-refractivity contribution is 0.0521. The van der Waals surface area contributed by atoms with Gasteiger partial charge in [0.15, 0.2) is 0 Å². The summed E-state index contributed by atoms with van der Waals surface area (Å²) < 4.78 is 30.3. The zero-order valence-corrected chi connectivity index (χ0v) is 21.5. The monoisotopic (exact) mass is 526 g/mol. The zero-order valence-electron chi connectivity index (χ0n) is 21.5. The molecule has 1 amide bonds. The summed E-state index contributed by atoms with van der Waals surface area (Å²) in [6.07, 6.45) is -0.531. The number of nitrogens with one attached hydrogen (secondary N) is 1. The molecule has 0 radical (unpaired) electrons. The van der Waals surface area contributed by atoms with Gasteiger partial charge in [0.25, 0.3) is 5.91 Å². The molecule has 1 aliphatic heterocycles. The van der Waals surface area contributed by atoms with Crippen molar-refractivity contribution in [3.63, 3.8) is 0 Å². The Kier molecular flexibility index (Phi) is 7.45. The number of rotatable bonds is 8. The van der Waals surface area contributed by atoms with Gasteiger partial charge in [0, 0.05) is 11.1 Å². The quantitative estimate of drug-likeness (QED) is 0.269. The summed E-state index contributed by atoms with van der Waals surface area (Å²) in [5.41, 5.74) is 3.73. The van der Waals surface area contributed by atoms with Crippen LogP contribution in [0.5, 0.6) is 11.5 Å². The summed E-state index contributed by atoms with van der Waals surface area (Å²) in [4.78, 5) is 27.7. The molecule has 0 saturated heterocycles. The van der Waals surface area contributed by atoms with Crippen LogP contribution in [0.3, 0.4) is 0 Å². The van der Waals surface area contributed by atoms with E-state index in [0.717, 1.165) is 16.8 Å². The molecule has 0 spiro atoms. The second-order valence-corrected chi connectivity index (χ2v) is 8.82. The minimum atomic E-state index is -0.531. The van der Waals surface area contributed by atoms with Crippen LogP contribution in [-0.4, -0.2) is 25.6 Å². The van der Waals surface area contributed by atoms with Gasteiger partial charge in [0.1, 0.15) is 35.7 Å². The van der Waals surface area contributed by atoms with Crippen molar-refractivity contribution >= 4 is 23.3 Å². The van der Waals surface area contributed by atoms with Crippen LogP contribution in [0.1, 0.15) is 44.9 Å². The summed E-state index contributed by atoms with van der Waals surface area (Å²) in [7, 11) is 1.57. The molecule has 1 heterocycles. The molecule has 0 aromatic heterocycles. The number of benzene rings is 4. The molecule has 0 aliphatic carbocycles. The summed E-state index contributed by atoms with van der Waals surface area (Å²) in [6, 6.07) is 25.5. The van der Waals surface area contributed by atoms with Gasteiger partial charge >= 0.3 is 5.97 Å². The van der Waals surface area contributed by atoms with E-state index in [1.807, 2.05) is 42.5 Å². The number of nitrogens with zero attached hydrogens (tertiary/aromatic N) is 1. The Labute approximate surface area is 225 Å². The van der Waals surface area contributed by atoms with Crippen molar-refractivity contribution in [1.29, 1.82) is 0 Å². The molecule has 198 valence electrons. The van der Waals surface area contributed by atoms with Gasteiger partial charge in [0.05, 0.1) is 25.1 Å². The second kappa shape index (κ2) is 11.3. The minimum absolute atomic E-state index is 0.110. The fourth-order valence-corrected chi connectivity index (χ4v) is 4.55. The van der Waals surface area contributed by atoms with Gasteiger partial charge in [-0.15, -0.1) is 0 Å². The van der Waals surface area contributed by atoms with Crippen LogP contribution in [-0.2, 0) is 11.3 Å².